The summed E-state index contributed by atoms with van der Waals surface area (Å²) in [7, 11) is 3.49. The van der Waals surface area contributed by atoms with E-state index in [0.29, 0.717) is 11.1 Å². The lowest BCUT2D eigenvalue weighted by atomic mass is 10.1. The summed E-state index contributed by atoms with van der Waals surface area (Å²) in [6.45, 7) is 6.18. The Morgan fingerprint density at radius 1 is 1.00 bits per heavy atom. The number of hydrogen-bond donors (Lipinski definition) is 0. The van der Waals surface area contributed by atoms with E-state index in [4.69, 9.17) is 4.42 Å². The van der Waals surface area contributed by atoms with Crippen LogP contribution in [-0.2, 0) is 4.79 Å². The van der Waals surface area contributed by atoms with Crippen molar-refractivity contribution in [1.29, 1.82) is 0 Å². The van der Waals surface area contributed by atoms with Gasteiger partial charge in [0.1, 0.15) is 5.25 Å². The van der Waals surface area contributed by atoms with E-state index in [9.17, 15) is 4.79 Å². The van der Waals surface area contributed by atoms with E-state index in [0.717, 1.165) is 29.9 Å². The van der Waals surface area contributed by atoms with Crippen molar-refractivity contribution in [3.63, 3.8) is 0 Å². The Morgan fingerprint density at radius 3 is 2.24 bits per heavy atom. The van der Waals surface area contributed by atoms with Gasteiger partial charge in [-0.3, -0.25) is 4.79 Å². The van der Waals surface area contributed by atoms with E-state index < -0.39 is 5.25 Å². The molecule has 3 aromatic rings. The molecule has 0 bridgehead atoms. The average Bonchev–Trinajstić information content (AvgIpc) is 3.22. The normalized spacial score (nSPS) is 11.9. The summed E-state index contributed by atoms with van der Waals surface area (Å²) < 4.78 is 5.86. The van der Waals surface area contributed by atoms with Crippen molar-refractivity contribution in [3.05, 3.63) is 60.2 Å². The number of carbonyl (C=O) groups excluding carboxylic acids is 1. The third kappa shape index (κ3) is 4.98. The van der Waals surface area contributed by atoms with Crippen LogP contribution in [0.2, 0.25) is 0 Å². The maximum atomic E-state index is 12.7. The predicted octanol–water partition coefficient (Wildman–Crippen LogP) is 4.50. The van der Waals surface area contributed by atoms with Crippen molar-refractivity contribution in [3.8, 4) is 11.5 Å². The molecular weight excluding hydrogens is 384 g/mol. The molecule has 1 aromatic heterocycles. The van der Waals surface area contributed by atoms with Crippen LogP contribution in [0.4, 0.5) is 5.69 Å². The Bertz CT molecular complexity index is 922. The van der Waals surface area contributed by atoms with Crippen LogP contribution >= 0.6 is 11.8 Å². The van der Waals surface area contributed by atoms with Crippen LogP contribution in [0.1, 0.15) is 24.7 Å². The number of thioether (sulfide) groups is 1. The van der Waals surface area contributed by atoms with Gasteiger partial charge in [0.15, 0.2) is 0 Å². The number of likely N-dealkylation sites (N-methyl/N-ethyl adjacent to an activating group) is 1. The summed E-state index contributed by atoms with van der Waals surface area (Å²) in [5, 5.41) is 8.26. The lowest BCUT2D eigenvalue weighted by Gasteiger charge is -2.20. The van der Waals surface area contributed by atoms with E-state index in [1.807, 2.05) is 42.5 Å². The number of hydrogen-bond acceptors (Lipinski definition) is 6. The third-order valence-electron chi connectivity index (χ3n) is 4.64. The van der Waals surface area contributed by atoms with E-state index in [1.54, 1.807) is 19.0 Å². The lowest BCUT2D eigenvalue weighted by Crippen LogP contribution is -2.26. The highest BCUT2D eigenvalue weighted by molar-refractivity contribution is 8.00. The Morgan fingerprint density at radius 2 is 1.66 bits per heavy atom. The first kappa shape index (κ1) is 20.9. The zero-order valence-electron chi connectivity index (χ0n) is 17.2. The quantitative estimate of drug-likeness (QED) is 0.510. The molecule has 0 aliphatic heterocycles. The van der Waals surface area contributed by atoms with Crippen LogP contribution in [0.15, 0.2) is 64.2 Å². The molecule has 0 N–H and O–H groups in total. The summed E-state index contributed by atoms with van der Waals surface area (Å²) in [5.41, 5.74) is 2.92. The molecule has 7 heteroatoms. The van der Waals surface area contributed by atoms with Gasteiger partial charge in [0.05, 0.1) is 0 Å². The Hall–Kier alpha value is -2.80. The highest BCUT2D eigenvalue weighted by Crippen LogP contribution is 2.36. The van der Waals surface area contributed by atoms with Gasteiger partial charge in [-0.05, 0) is 55.4 Å². The lowest BCUT2D eigenvalue weighted by molar-refractivity contribution is -0.128. The molecule has 0 unspecified atom stereocenters. The number of carbonyl (C=O) groups is 1. The van der Waals surface area contributed by atoms with Crippen LogP contribution in [0.3, 0.4) is 0 Å². The molecule has 1 amide bonds. The Labute approximate surface area is 175 Å². The molecule has 0 aliphatic carbocycles. The SMILES string of the molecule is CCN(CC)c1ccc(-c2nnc(S[C@@H](C(=O)N(C)C)c3ccccc3)o2)cc1. The second-order valence-electron chi connectivity index (χ2n) is 6.73. The van der Waals surface area contributed by atoms with Gasteiger partial charge in [0, 0.05) is 38.4 Å². The molecule has 0 fully saturated rings. The molecule has 0 spiro atoms. The zero-order valence-corrected chi connectivity index (χ0v) is 18.0. The molecule has 152 valence electrons. The summed E-state index contributed by atoms with van der Waals surface area (Å²) >= 11 is 1.27. The van der Waals surface area contributed by atoms with Crippen LogP contribution in [0, 0.1) is 0 Å². The standard InChI is InChI=1S/C22H26N4O2S/c1-5-26(6-2)18-14-12-17(13-15-18)20-23-24-22(28-20)29-19(21(27)25(3)4)16-10-8-7-9-11-16/h7-15,19H,5-6H2,1-4H3/t19-/m1/s1. The van der Waals surface area contributed by atoms with Gasteiger partial charge in [0.2, 0.25) is 11.8 Å². The monoisotopic (exact) mass is 410 g/mol. The number of benzene rings is 2. The summed E-state index contributed by atoms with van der Waals surface area (Å²) in [6, 6.07) is 17.7. The van der Waals surface area contributed by atoms with Crippen molar-refractivity contribution in [2.24, 2.45) is 0 Å². The first-order valence-electron chi connectivity index (χ1n) is 9.65. The summed E-state index contributed by atoms with van der Waals surface area (Å²) in [4.78, 5) is 16.5. The van der Waals surface area contributed by atoms with Gasteiger partial charge in [-0.2, -0.15) is 0 Å². The second kappa shape index (κ2) is 9.60. The van der Waals surface area contributed by atoms with E-state index in [1.165, 1.54) is 11.8 Å². The Kier molecular flexibility index (Phi) is 6.93. The minimum absolute atomic E-state index is 0.0236. The number of nitrogens with zero attached hydrogens (tertiary/aromatic N) is 4. The highest BCUT2D eigenvalue weighted by atomic mass is 32.2. The Balaban J connectivity index is 1.80. The maximum Gasteiger partial charge on any atom is 0.277 e. The number of amides is 1. The predicted molar refractivity (Wildman–Crippen MR) is 117 cm³/mol. The van der Waals surface area contributed by atoms with Gasteiger partial charge >= 0.3 is 0 Å². The van der Waals surface area contributed by atoms with Crippen LogP contribution in [-0.4, -0.2) is 48.2 Å². The largest absolute Gasteiger partial charge is 0.411 e. The molecule has 6 nitrogen and oxygen atoms in total. The third-order valence-corrected chi connectivity index (χ3v) is 5.71. The van der Waals surface area contributed by atoms with Gasteiger partial charge in [-0.1, -0.05) is 30.3 Å². The van der Waals surface area contributed by atoms with E-state index in [-0.39, 0.29) is 5.91 Å². The van der Waals surface area contributed by atoms with Crippen molar-refractivity contribution in [1.82, 2.24) is 15.1 Å². The van der Waals surface area contributed by atoms with Crippen molar-refractivity contribution >= 4 is 23.4 Å². The molecule has 1 atom stereocenters. The molecule has 0 saturated carbocycles. The molecular formula is C22H26N4O2S. The molecule has 3 rings (SSSR count). The highest BCUT2D eigenvalue weighted by Gasteiger charge is 2.26. The van der Waals surface area contributed by atoms with Crippen molar-refractivity contribution in [2.45, 2.75) is 24.3 Å². The van der Waals surface area contributed by atoms with Crippen LogP contribution in [0.5, 0.6) is 0 Å². The van der Waals surface area contributed by atoms with Gasteiger partial charge < -0.3 is 14.2 Å². The first-order valence-corrected chi connectivity index (χ1v) is 10.5. The molecule has 0 aliphatic rings. The zero-order chi connectivity index (χ0) is 20.8. The van der Waals surface area contributed by atoms with Crippen LogP contribution in [0.25, 0.3) is 11.5 Å². The maximum absolute atomic E-state index is 12.7. The first-order chi connectivity index (χ1) is 14.0. The number of anilines is 1. The van der Waals surface area contributed by atoms with E-state index in [2.05, 4.69) is 41.1 Å². The number of rotatable bonds is 8. The minimum atomic E-state index is -0.440. The van der Waals surface area contributed by atoms with E-state index >= 15 is 0 Å². The van der Waals surface area contributed by atoms with Crippen LogP contribution < -0.4 is 4.90 Å². The number of aromatic nitrogens is 2. The van der Waals surface area contributed by atoms with Gasteiger partial charge in [0.25, 0.3) is 5.22 Å². The fourth-order valence-corrected chi connectivity index (χ4v) is 4.02. The smallest absolute Gasteiger partial charge is 0.277 e. The fraction of sp³-hybridized carbons (Fsp3) is 0.318. The molecule has 1 heterocycles. The second-order valence-corrected chi connectivity index (χ2v) is 7.79. The van der Waals surface area contributed by atoms with Crippen molar-refractivity contribution in [2.75, 3.05) is 32.1 Å². The molecule has 29 heavy (non-hydrogen) atoms. The summed E-state index contributed by atoms with van der Waals surface area (Å²) in [6.07, 6.45) is 0. The average molecular weight is 411 g/mol. The fourth-order valence-electron chi connectivity index (χ4n) is 3.00. The molecule has 2 aromatic carbocycles. The van der Waals surface area contributed by atoms with Crippen molar-refractivity contribution < 1.29 is 9.21 Å². The topological polar surface area (TPSA) is 62.5 Å². The van der Waals surface area contributed by atoms with Gasteiger partial charge in [-0.25, -0.2) is 0 Å². The summed E-state index contributed by atoms with van der Waals surface area (Å²) in [5.74, 6) is 0.423. The molecule has 0 radical (unpaired) electrons. The van der Waals surface area contributed by atoms with Gasteiger partial charge in [-0.15, -0.1) is 10.2 Å². The molecule has 0 saturated heterocycles. The minimum Gasteiger partial charge on any atom is -0.411 e.